The Kier molecular flexibility index (Phi) is 5.62. The lowest BCUT2D eigenvalue weighted by Crippen LogP contribution is -2.53. The number of hydrogen-bond donors (Lipinski definition) is 1. The second kappa shape index (κ2) is 8.88. The molecule has 0 spiro atoms. The van der Waals surface area contributed by atoms with Crippen LogP contribution < -0.4 is 15.2 Å². The molecule has 3 aromatic carbocycles. The number of aromatic nitrogens is 1. The van der Waals surface area contributed by atoms with Crippen molar-refractivity contribution >= 4 is 16.7 Å². The summed E-state index contributed by atoms with van der Waals surface area (Å²) in [6.07, 6.45) is 1.50. The highest BCUT2D eigenvalue weighted by molar-refractivity contribution is 5.92. The summed E-state index contributed by atoms with van der Waals surface area (Å²) in [6.45, 7) is 2.40. The van der Waals surface area contributed by atoms with Crippen LogP contribution in [-0.2, 0) is 6.54 Å². The summed E-state index contributed by atoms with van der Waals surface area (Å²) < 4.78 is 25.0. The van der Waals surface area contributed by atoms with Gasteiger partial charge < -0.3 is 15.2 Å². The predicted octanol–water partition coefficient (Wildman–Crippen LogP) is 4.53. The van der Waals surface area contributed by atoms with E-state index in [0.717, 1.165) is 30.4 Å². The SMILES string of the molecule is NC(=O)c1ccc(Oc2cccc3c(CN4CC(Oc5ccc(F)cc5)C4)cccc23)nc1. The van der Waals surface area contributed by atoms with E-state index in [-0.39, 0.29) is 11.9 Å². The van der Waals surface area contributed by atoms with E-state index in [0.29, 0.717) is 22.9 Å². The number of carbonyl (C=O) groups excluding carboxylic acids is 1. The van der Waals surface area contributed by atoms with Crippen LogP contribution in [0.4, 0.5) is 4.39 Å². The van der Waals surface area contributed by atoms with Crippen LogP contribution in [-0.4, -0.2) is 35.0 Å². The van der Waals surface area contributed by atoms with Gasteiger partial charge in [0.2, 0.25) is 11.8 Å². The molecule has 1 aliphatic rings. The zero-order chi connectivity index (χ0) is 22.8. The molecule has 33 heavy (non-hydrogen) atoms. The van der Waals surface area contributed by atoms with E-state index in [1.54, 1.807) is 24.3 Å². The third kappa shape index (κ3) is 4.63. The number of pyridine rings is 1. The van der Waals surface area contributed by atoms with E-state index < -0.39 is 5.91 Å². The van der Waals surface area contributed by atoms with Crippen molar-refractivity contribution < 1.29 is 18.7 Å². The third-order valence-electron chi connectivity index (χ3n) is 5.64. The van der Waals surface area contributed by atoms with Crippen molar-refractivity contribution in [2.24, 2.45) is 5.73 Å². The van der Waals surface area contributed by atoms with E-state index in [2.05, 4.69) is 22.0 Å². The van der Waals surface area contributed by atoms with Crippen molar-refractivity contribution in [2.45, 2.75) is 12.6 Å². The Morgan fingerprint density at radius 3 is 2.48 bits per heavy atom. The average molecular weight is 443 g/mol. The predicted molar refractivity (Wildman–Crippen MR) is 123 cm³/mol. The van der Waals surface area contributed by atoms with Gasteiger partial charge in [-0.2, -0.15) is 0 Å². The number of halogens is 1. The topological polar surface area (TPSA) is 77.7 Å². The number of ether oxygens (including phenoxy) is 2. The first-order valence-corrected chi connectivity index (χ1v) is 10.6. The highest BCUT2D eigenvalue weighted by Crippen LogP contribution is 2.32. The molecular formula is C26H22FN3O3. The van der Waals surface area contributed by atoms with Crippen molar-refractivity contribution in [1.29, 1.82) is 0 Å². The number of rotatable bonds is 7. The first-order chi connectivity index (χ1) is 16.0. The van der Waals surface area contributed by atoms with E-state index >= 15 is 0 Å². The summed E-state index contributed by atoms with van der Waals surface area (Å²) in [4.78, 5) is 17.7. The van der Waals surface area contributed by atoms with Crippen LogP contribution >= 0.6 is 0 Å². The third-order valence-corrected chi connectivity index (χ3v) is 5.64. The maximum Gasteiger partial charge on any atom is 0.250 e. The van der Waals surface area contributed by atoms with Crippen molar-refractivity contribution in [3.05, 3.63) is 95.9 Å². The summed E-state index contributed by atoms with van der Waals surface area (Å²) in [5, 5.41) is 2.09. The maximum absolute atomic E-state index is 13.1. The van der Waals surface area contributed by atoms with Gasteiger partial charge in [0, 0.05) is 37.3 Å². The summed E-state index contributed by atoms with van der Waals surface area (Å²) >= 11 is 0. The number of hydrogen-bond acceptors (Lipinski definition) is 5. The average Bonchev–Trinajstić information content (AvgIpc) is 2.80. The van der Waals surface area contributed by atoms with Gasteiger partial charge in [-0.25, -0.2) is 9.37 Å². The summed E-state index contributed by atoms with van der Waals surface area (Å²) in [5.74, 6) is 0.970. The Morgan fingerprint density at radius 2 is 1.76 bits per heavy atom. The first-order valence-electron chi connectivity index (χ1n) is 10.6. The maximum atomic E-state index is 13.1. The van der Waals surface area contributed by atoms with Gasteiger partial charge in [0.1, 0.15) is 23.4 Å². The van der Waals surface area contributed by atoms with Gasteiger partial charge in [-0.3, -0.25) is 9.69 Å². The van der Waals surface area contributed by atoms with E-state index in [1.165, 1.54) is 23.9 Å². The molecule has 5 rings (SSSR count). The first kappa shape index (κ1) is 20.9. The molecule has 2 N–H and O–H groups in total. The molecule has 7 heteroatoms. The number of carbonyl (C=O) groups is 1. The Morgan fingerprint density at radius 1 is 1.00 bits per heavy atom. The molecule has 166 valence electrons. The van der Waals surface area contributed by atoms with Gasteiger partial charge in [-0.15, -0.1) is 0 Å². The second-order valence-corrected chi connectivity index (χ2v) is 8.01. The van der Waals surface area contributed by atoms with Crippen LogP contribution in [0.3, 0.4) is 0 Å². The fourth-order valence-corrected chi connectivity index (χ4v) is 3.94. The number of nitrogens with two attached hydrogens (primary N) is 1. The fraction of sp³-hybridized carbons (Fsp3) is 0.154. The van der Waals surface area contributed by atoms with Crippen LogP contribution in [0.2, 0.25) is 0 Å². The van der Waals surface area contributed by atoms with Crippen LogP contribution in [0.5, 0.6) is 17.4 Å². The molecule has 0 bridgehead atoms. The summed E-state index contributed by atoms with van der Waals surface area (Å²) in [5.41, 5.74) is 6.79. The molecular weight excluding hydrogens is 421 g/mol. The van der Waals surface area contributed by atoms with Crippen LogP contribution in [0.1, 0.15) is 15.9 Å². The highest BCUT2D eigenvalue weighted by Gasteiger charge is 2.28. The van der Waals surface area contributed by atoms with Gasteiger partial charge >= 0.3 is 0 Å². The molecule has 1 fully saturated rings. The fourth-order valence-electron chi connectivity index (χ4n) is 3.94. The number of likely N-dealkylation sites (tertiary alicyclic amines) is 1. The molecule has 1 aromatic heterocycles. The Hall–Kier alpha value is -3.97. The molecule has 2 heterocycles. The second-order valence-electron chi connectivity index (χ2n) is 8.01. The van der Waals surface area contributed by atoms with Gasteiger partial charge in [0.05, 0.1) is 5.56 Å². The van der Waals surface area contributed by atoms with Gasteiger partial charge in [-0.05, 0) is 47.3 Å². The Bertz CT molecular complexity index is 1290. The number of primary amides is 1. The van der Waals surface area contributed by atoms with Crippen molar-refractivity contribution in [2.75, 3.05) is 13.1 Å². The largest absolute Gasteiger partial charge is 0.488 e. The lowest BCUT2D eigenvalue weighted by molar-refractivity contribution is 0.0148. The molecule has 6 nitrogen and oxygen atoms in total. The van der Waals surface area contributed by atoms with Gasteiger partial charge in [0.25, 0.3) is 0 Å². The van der Waals surface area contributed by atoms with E-state index in [1.807, 2.05) is 24.3 Å². The van der Waals surface area contributed by atoms with Crippen molar-refractivity contribution in [3.63, 3.8) is 0 Å². The van der Waals surface area contributed by atoms with Crippen molar-refractivity contribution in [3.8, 4) is 17.4 Å². The molecule has 0 aliphatic carbocycles. The lowest BCUT2D eigenvalue weighted by atomic mass is 10.0. The molecule has 4 aromatic rings. The van der Waals surface area contributed by atoms with E-state index in [4.69, 9.17) is 15.2 Å². The minimum absolute atomic E-state index is 0.0961. The molecule has 0 atom stereocenters. The molecule has 0 saturated carbocycles. The molecule has 1 amide bonds. The summed E-state index contributed by atoms with van der Waals surface area (Å²) in [6, 6.07) is 21.4. The minimum Gasteiger partial charge on any atom is -0.488 e. The normalized spacial score (nSPS) is 14.1. The highest BCUT2D eigenvalue weighted by atomic mass is 19.1. The quantitative estimate of drug-likeness (QED) is 0.454. The standard InChI is InChI=1S/C26H22FN3O3/c27-19-8-10-20(11-9-19)32-21-15-30(16-21)14-18-3-1-5-23-22(18)4-2-6-24(23)33-25-12-7-17(13-29-25)26(28)31/h1-13,21H,14-16H2,(H2,28,31). The Balaban J connectivity index is 1.27. The van der Waals surface area contributed by atoms with Gasteiger partial charge in [0.15, 0.2) is 0 Å². The van der Waals surface area contributed by atoms with Crippen LogP contribution in [0.15, 0.2) is 79.0 Å². The lowest BCUT2D eigenvalue weighted by Gasteiger charge is -2.39. The number of fused-ring (bicyclic) bond motifs is 1. The monoisotopic (exact) mass is 443 g/mol. The Labute approximate surface area is 190 Å². The molecule has 0 radical (unpaired) electrons. The van der Waals surface area contributed by atoms with Crippen molar-refractivity contribution in [1.82, 2.24) is 9.88 Å². The van der Waals surface area contributed by atoms with E-state index in [9.17, 15) is 9.18 Å². The van der Waals surface area contributed by atoms with Gasteiger partial charge in [-0.1, -0.05) is 30.3 Å². The van der Waals surface area contributed by atoms with Crippen LogP contribution in [0.25, 0.3) is 10.8 Å². The molecule has 0 unspecified atom stereocenters. The zero-order valence-electron chi connectivity index (χ0n) is 17.8. The minimum atomic E-state index is -0.528. The van der Waals surface area contributed by atoms with Crippen LogP contribution in [0, 0.1) is 5.82 Å². The number of amides is 1. The smallest absolute Gasteiger partial charge is 0.250 e. The molecule has 1 aliphatic heterocycles. The summed E-state index contributed by atoms with van der Waals surface area (Å²) in [7, 11) is 0. The number of nitrogens with zero attached hydrogens (tertiary/aromatic N) is 2. The zero-order valence-corrected chi connectivity index (χ0v) is 17.8. The number of benzene rings is 3. The molecule has 1 saturated heterocycles.